The molecule has 0 unspecified atom stereocenters. The first-order valence-corrected chi connectivity index (χ1v) is 6.73. The zero-order valence-electron chi connectivity index (χ0n) is 8.53. The van der Waals surface area contributed by atoms with E-state index in [0.29, 0.717) is 26.6 Å². The Bertz CT molecular complexity index is 790. The van der Waals surface area contributed by atoms with Crippen molar-refractivity contribution in [1.29, 1.82) is 0 Å². The fourth-order valence-corrected chi connectivity index (χ4v) is 2.99. The molecule has 1 heterocycles. The highest BCUT2D eigenvalue weighted by Crippen LogP contribution is 2.46. The molecule has 1 nitrogen and oxygen atoms in total. The number of furan rings is 1. The van der Waals surface area contributed by atoms with Gasteiger partial charge in [-0.25, -0.2) is 0 Å². The fraction of sp³-hybridized carbons (Fsp3) is 0. The van der Waals surface area contributed by atoms with Crippen LogP contribution in [-0.4, -0.2) is 0 Å². The molecule has 1 aromatic heterocycles. The lowest BCUT2D eigenvalue weighted by atomic mass is 10.1. The smallest absolute Gasteiger partial charge is 0.157 e. The molecule has 18 heavy (non-hydrogen) atoms. The van der Waals surface area contributed by atoms with E-state index in [1.54, 1.807) is 18.2 Å². The van der Waals surface area contributed by atoms with E-state index in [4.69, 9.17) is 62.4 Å². The van der Waals surface area contributed by atoms with Crippen LogP contribution in [0.4, 0.5) is 0 Å². The largest absolute Gasteiger partial charge is 0.454 e. The van der Waals surface area contributed by atoms with Gasteiger partial charge in [0.1, 0.15) is 10.6 Å². The van der Waals surface area contributed by atoms with Crippen molar-refractivity contribution < 1.29 is 4.42 Å². The Balaban J connectivity index is 2.64. The lowest BCUT2D eigenvalue weighted by Gasteiger charge is -2.03. The summed E-state index contributed by atoms with van der Waals surface area (Å²) in [5.41, 5.74) is 1.03. The van der Waals surface area contributed by atoms with Gasteiger partial charge in [0.2, 0.25) is 0 Å². The van der Waals surface area contributed by atoms with E-state index in [9.17, 15) is 0 Å². The molecule has 0 fully saturated rings. The summed E-state index contributed by atoms with van der Waals surface area (Å²) in [4.78, 5) is 0. The van der Waals surface area contributed by atoms with Crippen LogP contribution in [0.25, 0.3) is 21.9 Å². The molecule has 0 aliphatic rings. The molecule has 0 saturated heterocycles. The zero-order chi connectivity index (χ0) is 13.0. The standard InChI is InChI=1S/C12H3Cl5O/c13-4-1-2-6-5(3-4)7-8(14)9(15)10(16)11(17)12(7)18-6/h1-3H. The highest BCUT2D eigenvalue weighted by Gasteiger charge is 2.20. The summed E-state index contributed by atoms with van der Waals surface area (Å²) in [6.45, 7) is 0. The van der Waals surface area contributed by atoms with Gasteiger partial charge in [-0.2, -0.15) is 0 Å². The van der Waals surface area contributed by atoms with Crippen LogP contribution in [0.15, 0.2) is 22.6 Å². The van der Waals surface area contributed by atoms with Crippen LogP contribution in [-0.2, 0) is 0 Å². The molecule has 0 bridgehead atoms. The molecule has 0 N–H and O–H groups in total. The van der Waals surface area contributed by atoms with E-state index in [-0.39, 0.29) is 15.1 Å². The maximum atomic E-state index is 6.20. The van der Waals surface area contributed by atoms with Gasteiger partial charge in [-0.05, 0) is 18.2 Å². The SMILES string of the molecule is Clc1ccc2oc3c(Cl)c(Cl)c(Cl)c(Cl)c3c2c1. The van der Waals surface area contributed by atoms with Crippen molar-refractivity contribution in [3.63, 3.8) is 0 Å². The zero-order valence-corrected chi connectivity index (χ0v) is 12.3. The minimum Gasteiger partial charge on any atom is -0.454 e. The van der Waals surface area contributed by atoms with E-state index in [2.05, 4.69) is 0 Å². The van der Waals surface area contributed by atoms with Crippen LogP contribution in [0, 0.1) is 0 Å². The summed E-state index contributed by atoms with van der Waals surface area (Å²) in [6, 6.07) is 5.21. The second-order valence-corrected chi connectivity index (χ2v) is 5.65. The van der Waals surface area contributed by atoms with E-state index in [0.717, 1.165) is 5.39 Å². The van der Waals surface area contributed by atoms with Crippen LogP contribution in [0.3, 0.4) is 0 Å². The third-order valence-electron chi connectivity index (χ3n) is 2.65. The molecular weight excluding hydrogens is 337 g/mol. The third kappa shape index (κ3) is 1.70. The van der Waals surface area contributed by atoms with Crippen molar-refractivity contribution in [2.45, 2.75) is 0 Å². The maximum Gasteiger partial charge on any atom is 0.157 e. The summed E-state index contributed by atoms with van der Waals surface area (Å²) in [7, 11) is 0. The number of hydrogen-bond donors (Lipinski definition) is 0. The Morgan fingerprint density at radius 2 is 1.44 bits per heavy atom. The molecule has 3 aromatic rings. The van der Waals surface area contributed by atoms with Crippen molar-refractivity contribution in [3.05, 3.63) is 43.3 Å². The Labute approximate surface area is 127 Å². The van der Waals surface area contributed by atoms with Gasteiger partial charge in [-0.3, -0.25) is 0 Å². The van der Waals surface area contributed by atoms with Gasteiger partial charge < -0.3 is 4.42 Å². The Morgan fingerprint density at radius 3 is 2.17 bits per heavy atom. The van der Waals surface area contributed by atoms with Crippen molar-refractivity contribution in [2.75, 3.05) is 0 Å². The van der Waals surface area contributed by atoms with Crippen LogP contribution in [0.2, 0.25) is 25.1 Å². The molecule has 0 aliphatic carbocycles. The summed E-state index contributed by atoms with van der Waals surface area (Å²) < 4.78 is 5.64. The second-order valence-electron chi connectivity index (χ2n) is 3.70. The molecule has 0 amide bonds. The normalized spacial score (nSPS) is 11.6. The third-order valence-corrected chi connectivity index (χ3v) is 4.67. The molecule has 6 heteroatoms. The fourth-order valence-electron chi connectivity index (χ4n) is 1.84. The molecule has 0 atom stereocenters. The topological polar surface area (TPSA) is 13.1 Å². The number of benzene rings is 2. The first kappa shape index (κ1) is 12.7. The van der Waals surface area contributed by atoms with Crippen LogP contribution in [0.5, 0.6) is 0 Å². The summed E-state index contributed by atoms with van der Waals surface area (Å²) >= 11 is 30.3. The first-order valence-electron chi connectivity index (χ1n) is 4.84. The molecule has 92 valence electrons. The molecular formula is C12H3Cl5O. The summed E-state index contributed by atoms with van der Waals surface area (Å²) in [6.07, 6.45) is 0. The second kappa shape index (κ2) is 4.36. The number of halogens is 5. The number of fused-ring (bicyclic) bond motifs is 3. The van der Waals surface area contributed by atoms with Crippen LogP contribution < -0.4 is 0 Å². The molecule has 0 spiro atoms. The molecule has 2 aromatic carbocycles. The minimum atomic E-state index is 0.181. The number of rotatable bonds is 0. The van der Waals surface area contributed by atoms with E-state index in [1.165, 1.54) is 0 Å². The van der Waals surface area contributed by atoms with E-state index in [1.807, 2.05) is 0 Å². The molecule has 0 radical (unpaired) electrons. The average molecular weight is 340 g/mol. The van der Waals surface area contributed by atoms with Crippen molar-refractivity contribution in [2.24, 2.45) is 0 Å². The van der Waals surface area contributed by atoms with Crippen molar-refractivity contribution in [1.82, 2.24) is 0 Å². The minimum absolute atomic E-state index is 0.181. The highest BCUT2D eigenvalue weighted by atomic mass is 35.5. The van der Waals surface area contributed by atoms with E-state index >= 15 is 0 Å². The van der Waals surface area contributed by atoms with E-state index < -0.39 is 0 Å². The molecule has 3 rings (SSSR count). The van der Waals surface area contributed by atoms with Gasteiger partial charge in [0, 0.05) is 10.4 Å². The average Bonchev–Trinajstić information content (AvgIpc) is 2.72. The highest BCUT2D eigenvalue weighted by molar-refractivity contribution is 6.56. The van der Waals surface area contributed by atoms with Gasteiger partial charge in [0.15, 0.2) is 5.58 Å². The summed E-state index contributed by atoms with van der Waals surface area (Å²) in [5, 5.41) is 2.88. The lowest BCUT2D eigenvalue weighted by molar-refractivity contribution is 0.669. The van der Waals surface area contributed by atoms with Gasteiger partial charge in [0.05, 0.1) is 20.5 Å². The van der Waals surface area contributed by atoms with Gasteiger partial charge in [0.25, 0.3) is 0 Å². The van der Waals surface area contributed by atoms with Crippen LogP contribution >= 0.6 is 58.0 Å². The Hall–Kier alpha value is -0.310. The number of hydrogen-bond acceptors (Lipinski definition) is 1. The quantitative estimate of drug-likeness (QED) is 0.322. The molecule has 0 aliphatic heterocycles. The van der Waals surface area contributed by atoms with Crippen molar-refractivity contribution in [3.8, 4) is 0 Å². The predicted molar refractivity (Wildman–Crippen MR) is 78.8 cm³/mol. The van der Waals surface area contributed by atoms with Crippen LogP contribution in [0.1, 0.15) is 0 Å². The Morgan fingerprint density at radius 1 is 0.778 bits per heavy atom. The van der Waals surface area contributed by atoms with Gasteiger partial charge in [-0.1, -0.05) is 58.0 Å². The predicted octanol–water partition coefficient (Wildman–Crippen LogP) is 6.85. The van der Waals surface area contributed by atoms with Crippen molar-refractivity contribution >= 4 is 79.9 Å². The maximum absolute atomic E-state index is 6.20. The van der Waals surface area contributed by atoms with Gasteiger partial charge >= 0.3 is 0 Å². The lowest BCUT2D eigenvalue weighted by Crippen LogP contribution is -1.77. The summed E-state index contributed by atoms with van der Waals surface area (Å²) in [5.74, 6) is 0. The first-order chi connectivity index (χ1) is 8.50. The Kier molecular flexibility index (Phi) is 3.08. The van der Waals surface area contributed by atoms with Gasteiger partial charge in [-0.15, -0.1) is 0 Å². The monoisotopic (exact) mass is 338 g/mol. The molecule has 0 saturated carbocycles.